The molecule has 212 valence electrons. The van der Waals surface area contributed by atoms with Crippen molar-refractivity contribution in [2.75, 3.05) is 33.9 Å². The summed E-state index contributed by atoms with van der Waals surface area (Å²) in [5.41, 5.74) is 4.08. The first-order chi connectivity index (χ1) is 19.6. The van der Waals surface area contributed by atoms with Gasteiger partial charge in [-0.15, -0.1) is 0 Å². The van der Waals surface area contributed by atoms with Crippen molar-refractivity contribution in [1.29, 1.82) is 0 Å². The maximum absolute atomic E-state index is 11.8. The van der Waals surface area contributed by atoms with Crippen LogP contribution in [0.3, 0.4) is 0 Å². The molecule has 3 rings (SSSR count). The van der Waals surface area contributed by atoms with Crippen molar-refractivity contribution in [1.82, 2.24) is 5.32 Å². The monoisotopic (exact) mass is 543 g/mol. The number of rotatable bonds is 17. The first-order valence-electron chi connectivity index (χ1n) is 14.0. The summed E-state index contributed by atoms with van der Waals surface area (Å²) in [7, 11) is 2.77. The van der Waals surface area contributed by atoms with Crippen LogP contribution in [-0.2, 0) is 27.1 Å². The van der Waals surface area contributed by atoms with Crippen molar-refractivity contribution >= 4 is 18.0 Å². The number of aryl methyl sites for hydroxylation is 1. The Kier molecular flexibility index (Phi) is 13.5. The van der Waals surface area contributed by atoms with E-state index in [4.69, 9.17) is 14.2 Å². The molecule has 0 spiro atoms. The van der Waals surface area contributed by atoms with Crippen LogP contribution in [0.1, 0.15) is 52.7 Å². The normalized spacial score (nSPS) is 11.8. The van der Waals surface area contributed by atoms with Crippen molar-refractivity contribution in [2.45, 2.75) is 38.5 Å². The third kappa shape index (κ3) is 11.1. The topological polar surface area (TPSA) is 73.9 Å². The van der Waals surface area contributed by atoms with Crippen molar-refractivity contribution in [3.63, 3.8) is 0 Å². The largest absolute Gasteiger partial charge is 0.493 e. The van der Waals surface area contributed by atoms with Gasteiger partial charge in [0, 0.05) is 5.56 Å². The molecule has 0 saturated carbocycles. The highest BCUT2D eigenvalue weighted by atomic mass is 16.5. The number of nitrogens with one attached hydrogen (secondary N) is 1. The van der Waals surface area contributed by atoms with E-state index in [0.29, 0.717) is 18.7 Å². The van der Waals surface area contributed by atoms with Gasteiger partial charge in [0.2, 0.25) is 0 Å². The van der Waals surface area contributed by atoms with Gasteiger partial charge in [-0.1, -0.05) is 72.8 Å². The Balaban J connectivity index is 1.57. The first-order valence-corrected chi connectivity index (χ1v) is 14.0. The van der Waals surface area contributed by atoms with Crippen LogP contribution in [0.5, 0.6) is 5.75 Å². The van der Waals surface area contributed by atoms with E-state index in [1.165, 1.54) is 19.8 Å². The molecule has 6 nitrogen and oxygen atoms in total. The number of hydrogen-bond acceptors (Lipinski definition) is 6. The molecule has 0 aliphatic heterocycles. The van der Waals surface area contributed by atoms with E-state index in [0.717, 1.165) is 55.4 Å². The van der Waals surface area contributed by atoms with Crippen LogP contribution in [0.15, 0.2) is 84.9 Å². The summed E-state index contributed by atoms with van der Waals surface area (Å²) in [6.07, 6.45) is 10.3. The van der Waals surface area contributed by atoms with Crippen LogP contribution in [0, 0.1) is 5.92 Å². The summed E-state index contributed by atoms with van der Waals surface area (Å²) in [5.74, 6) is 0.464. The summed E-state index contributed by atoms with van der Waals surface area (Å²) in [6, 6.07) is 26.2. The molecule has 1 N–H and O–H groups in total. The maximum atomic E-state index is 11.8. The molecule has 0 bridgehead atoms. The number of unbranched alkanes of at least 4 members (excludes halogenated alkanes) is 2. The molecule has 0 aliphatic rings. The van der Waals surface area contributed by atoms with E-state index in [9.17, 15) is 9.59 Å². The second kappa shape index (κ2) is 17.6. The van der Waals surface area contributed by atoms with Crippen LogP contribution >= 0.6 is 0 Å². The average molecular weight is 544 g/mol. The van der Waals surface area contributed by atoms with Crippen LogP contribution < -0.4 is 10.1 Å². The van der Waals surface area contributed by atoms with Crippen molar-refractivity contribution in [3.05, 3.63) is 107 Å². The van der Waals surface area contributed by atoms with E-state index in [-0.39, 0.29) is 24.4 Å². The number of benzene rings is 3. The average Bonchev–Trinajstić information content (AvgIpc) is 3.00. The molecule has 3 aromatic rings. The van der Waals surface area contributed by atoms with Gasteiger partial charge in [0.25, 0.3) is 0 Å². The summed E-state index contributed by atoms with van der Waals surface area (Å²) in [4.78, 5) is 23.3. The van der Waals surface area contributed by atoms with E-state index < -0.39 is 0 Å². The number of para-hydroxylation sites is 1. The predicted molar refractivity (Wildman–Crippen MR) is 159 cm³/mol. The minimum Gasteiger partial charge on any atom is -0.493 e. The van der Waals surface area contributed by atoms with Crippen LogP contribution in [-0.4, -0.2) is 45.9 Å². The second-order valence-corrected chi connectivity index (χ2v) is 9.74. The summed E-state index contributed by atoms with van der Waals surface area (Å²) >= 11 is 0. The van der Waals surface area contributed by atoms with E-state index in [1.54, 1.807) is 12.1 Å². The Morgan fingerprint density at radius 2 is 1.57 bits per heavy atom. The molecule has 0 aromatic heterocycles. The second-order valence-electron chi connectivity index (χ2n) is 9.74. The zero-order valence-electron chi connectivity index (χ0n) is 23.6. The van der Waals surface area contributed by atoms with Crippen LogP contribution in [0.2, 0.25) is 0 Å². The molecule has 3 aromatic carbocycles. The molecule has 0 amide bonds. The van der Waals surface area contributed by atoms with Gasteiger partial charge in [-0.25, -0.2) is 4.79 Å². The predicted octanol–water partition coefficient (Wildman–Crippen LogP) is 6.29. The highest BCUT2D eigenvalue weighted by molar-refractivity contribution is 5.89. The molecule has 0 radical (unpaired) electrons. The third-order valence-electron chi connectivity index (χ3n) is 6.74. The number of carbonyl (C=O) groups is 2. The van der Waals surface area contributed by atoms with Crippen molar-refractivity contribution in [3.8, 4) is 5.75 Å². The number of esters is 2. The third-order valence-corrected chi connectivity index (χ3v) is 6.74. The fraction of sp³-hybridized carbons (Fsp3) is 0.353. The van der Waals surface area contributed by atoms with Gasteiger partial charge < -0.3 is 19.5 Å². The lowest BCUT2D eigenvalue weighted by molar-refractivity contribution is -0.139. The fourth-order valence-corrected chi connectivity index (χ4v) is 4.44. The Bertz CT molecular complexity index is 1190. The lowest BCUT2D eigenvalue weighted by atomic mass is 9.94. The molecule has 0 saturated heterocycles. The number of carbonyl (C=O) groups excluding carboxylic acids is 2. The van der Waals surface area contributed by atoms with Gasteiger partial charge in [-0.05, 0) is 80.3 Å². The molecule has 40 heavy (non-hydrogen) atoms. The Hall–Kier alpha value is -3.90. The van der Waals surface area contributed by atoms with Crippen molar-refractivity contribution in [2.24, 2.45) is 5.92 Å². The first kappa shape index (κ1) is 30.6. The van der Waals surface area contributed by atoms with E-state index in [1.807, 2.05) is 30.3 Å². The number of methoxy groups -OCH3 is 2. The van der Waals surface area contributed by atoms with Crippen molar-refractivity contribution < 1.29 is 23.8 Å². The molecule has 1 unspecified atom stereocenters. The zero-order chi connectivity index (χ0) is 28.4. The molecule has 1 atom stereocenters. The minimum atomic E-state index is -0.345. The molecule has 0 aliphatic carbocycles. The lowest BCUT2D eigenvalue weighted by Crippen LogP contribution is -2.26. The standard InChI is InChI=1S/C34H41NO5/c1-38-33(36)26-35-23-22-29(25-28-17-20-31(21-18-28)34(37)39-2)16-19-30-14-8-9-15-32(30)40-24-10-4-7-13-27-11-5-3-6-12-27/h3,5-6,8-9,11-12,14-21,29,35H,4,7,10,13,22-26H2,1-2H3/b19-16+. The van der Waals surface area contributed by atoms with Gasteiger partial charge >= 0.3 is 11.9 Å². The minimum absolute atomic E-state index is 0.183. The molecular formula is C34H41NO5. The van der Waals surface area contributed by atoms with Gasteiger partial charge in [-0.2, -0.15) is 0 Å². The van der Waals surface area contributed by atoms with Gasteiger partial charge in [-0.3, -0.25) is 4.79 Å². The molecule has 6 heteroatoms. The molecule has 0 fully saturated rings. The molecular weight excluding hydrogens is 502 g/mol. The SMILES string of the molecule is COC(=O)CNCCC(/C=C/c1ccccc1OCCCCCc1ccccc1)Cc1ccc(C(=O)OC)cc1. The Morgan fingerprint density at radius 3 is 2.33 bits per heavy atom. The Morgan fingerprint density at radius 1 is 0.825 bits per heavy atom. The van der Waals surface area contributed by atoms with Crippen LogP contribution in [0.4, 0.5) is 0 Å². The number of ether oxygens (including phenoxy) is 3. The number of hydrogen-bond donors (Lipinski definition) is 1. The van der Waals surface area contributed by atoms with E-state index in [2.05, 4.69) is 53.9 Å². The lowest BCUT2D eigenvalue weighted by Gasteiger charge is -2.15. The maximum Gasteiger partial charge on any atom is 0.337 e. The fourth-order valence-electron chi connectivity index (χ4n) is 4.44. The smallest absolute Gasteiger partial charge is 0.337 e. The van der Waals surface area contributed by atoms with Gasteiger partial charge in [0.1, 0.15) is 5.75 Å². The summed E-state index contributed by atoms with van der Waals surface area (Å²) in [6.45, 7) is 1.54. The van der Waals surface area contributed by atoms with Gasteiger partial charge in [0.15, 0.2) is 0 Å². The summed E-state index contributed by atoms with van der Waals surface area (Å²) in [5, 5.41) is 3.15. The number of allylic oxidation sites excluding steroid dienone is 1. The highest BCUT2D eigenvalue weighted by Crippen LogP contribution is 2.23. The molecule has 0 heterocycles. The summed E-state index contributed by atoms with van der Waals surface area (Å²) < 4.78 is 15.7. The van der Waals surface area contributed by atoms with Crippen LogP contribution in [0.25, 0.3) is 6.08 Å². The highest BCUT2D eigenvalue weighted by Gasteiger charge is 2.10. The Labute approximate surface area is 238 Å². The van der Waals surface area contributed by atoms with Gasteiger partial charge in [0.05, 0.1) is 32.9 Å². The zero-order valence-corrected chi connectivity index (χ0v) is 23.6. The van der Waals surface area contributed by atoms with E-state index >= 15 is 0 Å². The quantitative estimate of drug-likeness (QED) is 0.159.